The number of benzene rings is 1. The van der Waals surface area contributed by atoms with Gasteiger partial charge in [-0.05, 0) is 55.5 Å². The maximum Gasteiger partial charge on any atom is 0.129 e. The van der Waals surface area contributed by atoms with Crippen molar-refractivity contribution in [3.63, 3.8) is 0 Å². The van der Waals surface area contributed by atoms with Gasteiger partial charge < -0.3 is 9.64 Å². The zero-order chi connectivity index (χ0) is 17.1. The maximum atomic E-state index is 5.81. The smallest absolute Gasteiger partial charge is 0.129 e. The first-order chi connectivity index (χ1) is 12.3. The van der Waals surface area contributed by atoms with E-state index < -0.39 is 0 Å². The molecule has 4 nitrogen and oxygen atoms in total. The van der Waals surface area contributed by atoms with E-state index in [9.17, 15) is 0 Å². The number of fused-ring (bicyclic) bond motifs is 1. The second-order valence-electron chi connectivity index (χ2n) is 6.78. The summed E-state index contributed by atoms with van der Waals surface area (Å²) >= 11 is 0. The molecule has 2 aliphatic heterocycles. The van der Waals surface area contributed by atoms with E-state index in [1.807, 2.05) is 6.20 Å². The third kappa shape index (κ3) is 3.39. The molecule has 4 heteroatoms. The van der Waals surface area contributed by atoms with Crippen LogP contribution in [0.25, 0.3) is 0 Å². The highest BCUT2D eigenvalue weighted by Gasteiger charge is 2.20. The van der Waals surface area contributed by atoms with E-state index in [4.69, 9.17) is 9.73 Å². The summed E-state index contributed by atoms with van der Waals surface area (Å²) < 4.78 is 5.81. The molecule has 0 atom stereocenters. The van der Waals surface area contributed by atoms with Crippen LogP contribution in [0.1, 0.15) is 49.3 Å². The topological polar surface area (TPSA) is 37.7 Å². The molecule has 1 aromatic heterocycles. The molecule has 130 valence electrons. The molecular weight excluding hydrogens is 310 g/mol. The van der Waals surface area contributed by atoms with Gasteiger partial charge in [-0.1, -0.05) is 13.0 Å². The first-order valence-electron chi connectivity index (χ1n) is 9.37. The third-order valence-corrected chi connectivity index (χ3v) is 4.92. The van der Waals surface area contributed by atoms with E-state index in [1.165, 1.54) is 30.4 Å². The Balaban J connectivity index is 1.61. The van der Waals surface area contributed by atoms with Crippen LogP contribution in [-0.2, 0) is 6.54 Å². The molecule has 1 aromatic carbocycles. The molecule has 0 N–H and O–H groups in total. The van der Waals surface area contributed by atoms with Crippen LogP contribution >= 0.6 is 0 Å². The molecule has 0 spiro atoms. The van der Waals surface area contributed by atoms with Crippen LogP contribution in [0.15, 0.2) is 41.5 Å². The molecular formula is C21H25N3O. The highest BCUT2D eigenvalue weighted by molar-refractivity contribution is 6.15. The molecule has 4 rings (SSSR count). The highest BCUT2D eigenvalue weighted by atomic mass is 16.5. The Morgan fingerprint density at radius 1 is 1.08 bits per heavy atom. The van der Waals surface area contributed by atoms with Crippen LogP contribution in [-0.4, -0.2) is 30.4 Å². The molecule has 3 heterocycles. The van der Waals surface area contributed by atoms with Crippen molar-refractivity contribution in [1.29, 1.82) is 0 Å². The Kier molecular flexibility index (Phi) is 4.68. The number of anilines is 1. The van der Waals surface area contributed by atoms with Gasteiger partial charge in [0.2, 0.25) is 0 Å². The maximum absolute atomic E-state index is 5.81. The molecule has 2 aliphatic rings. The fraction of sp³-hybridized carbons (Fsp3) is 0.429. The minimum absolute atomic E-state index is 0.750. The molecule has 25 heavy (non-hydrogen) atoms. The first-order valence-corrected chi connectivity index (χ1v) is 9.37. The highest BCUT2D eigenvalue weighted by Crippen LogP contribution is 2.28. The fourth-order valence-corrected chi connectivity index (χ4v) is 3.58. The molecule has 0 bridgehead atoms. The SMILES string of the molecule is CCCOc1ccc2c(c1)C(c1ccnc(N3CCCCC3)c1)=NC2. The van der Waals surface area contributed by atoms with Gasteiger partial charge in [0.1, 0.15) is 11.6 Å². The van der Waals surface area contributed by atoms with Gasteiger partial charge in [0, 0.05) is 30.4 Å². The fourth-order valence-electron chi connectivity index (χ4n) is 3.58. The zero-order valence-corrected chi connectivity index (χ0v) is 14.9. The summed E-state index contributed by atoms with van der Waals surface area (Å²) in [7, 11) is 0. The average molecular weight is 335 g/mol. The Bertz CT molecular complexity index is 778. The number of aliphatic imine (C=N–C) groups is 1. The van der Waals surface area contributed by atoms with Gasteiger partial charge in [0.25, 0.3) is 0 Å². The minimum Gasteiger partial charge on any atom is -0.494 e. The van der Waals surface area contributed by atoms with Crippen molar-refractivity contribution in [2.24, 2.45) is 4.99 Å². The molecule has 2 aromatic rings. The van der Waals surface area contributed by atoms with Crippen LogP contribution < -0.4 is 9.64 Å². The van der Waals surface area contributed by atoms with E-state index in [2.05, 4.69) is 47.1 Å². The van der Waals surface area contributed by atoms with Crippen molar-refractivity contribution in [2.75, 3.05) is 24.6 Å². The van der Waals surface area contributed by atoms with Crippen molar-refractivity contribution < 1.29 is 4.74 Å². The summed E-state index contributed by atoms with van der Waals surface area (Å²) in [5.41, 5.74) is 4.69. The number of hydrogen-bond donors (Lipinski definition) is 0. The van der Waals surface area contributed by atoms with Gasteiger partial charge in [-0.2, -0.15) is 0 Å². The first kappa shape index (κ1) is 16.1. The Morgan fingerprint density at radius 3 is 2.80 bits per heavy atom. The third-order valence-electron chi connectivity index (χ3n) is 4.92. The van der Waals surface area contributed by atoms with Crippen molar-refractivity contribution in [3.05, 3.63) is 53.2 Å². The number of aromatic nitrogens is 1. The Hall–Kier alpha value is -2.36. The van der Waals surface area contributed by atoms with E-state index in [0.717, 1.165) is 55.5 Å². The number of nitrogens with zero attached hydrogens (tertiary/aromatic N) is 3. The molecule has 0 unspecified atom stereocenters. The van der Waals surface area contributed by atoms with Gasteiger partial charge in [0.05, 0.1) is 18.9 Å². The molecule has 0 saturated carbocycles. The van der Waals surface area contributed by atoms with E-state index in [1.54, 1.807) is 0 Å². The summed E-state index contributed by atoms with van der Waals surface area (Å²) in [4.78, 5) is 11.8. The van der Waals surface area contributed by atoms with Crippen LogP contribution in [0.2, 0.25) is 0 Å². The lowest BCUT2D eigenvalue weighted by atomic mass is 10.00. The van der Waals surface area contributed by atoms with Gasteiger partial charge in [-0.3, -0.25) is 4.99 Å². The number of hydrogen-bond acceptors (Lipinski definition) is 4. The number of ether oxygens (including phenoxy) is 1. The van der Waals surface area contributed by atoms with Crippen LogP contribution in [0.3, 0.4) is 0 Å². The second-order valence-corrected chi connectivity index (χ2v) is 6.78. The number of piperidine rings is 1. The summed E-state index contributed by atoms with van der Waals surface area (Å²) in [6, 6.07) is 10.6. The Morgan fingerprint density at radius 2 is 1.96 bits per heavy atom. The summed E-state index contributed by atoms with van der Waals surface area (Å²) in [6.45, 7) is 5.84. The van der Waals surface area contributed by atoms with Gasteiger partial charge in [0.15, 0.2) is 0 Å². The molecule has 1 saturated heterocycles. The predicted molar refractivity (Wildman–Crippen MR) is 102 cm³/mol. The quantitative estimate of drug-likeness (QED) is 0.821. The van der Waals surface area contributed by atoms with Gasteiger partial charge >= 0.3 is 0 Å². The molecule has 1 fully saturated rings. The molecule has 0 radical (unpaired) electrons. The average Bonchev–Trinajstić information content (AvgIpc) is 3.10. The largest absolute Gasteiger partial charge is 0.494 e. The van der Waals surface area contributed by atoms with E-state index in [0.29, 0.717) is 0 Å². The predicted octanol–water partition coefficient (Wildman–Crippen LogP) is 4.21. The normalized spacial score (nSPS) is 16.5. The second kappa shape index (κ2) is 7.26. The zero-order valence-electron chi connectivity index (χ0n) is 14.9. The summed E-state index contributed by atoms with van der Waals surface area (Å²) in [5, 5.41) is 0. The van der Waals surface area contributed by atoms with Gasteiger partial charge in [-0.25, -0.2) is 4.98 Å². The Labute approximate surface area is 149 Å². The standard InChI is InChI=1S/C21H25N3O/c1-2-12-25-18-7-6-17-15-23-21(19(17)14-18)16-8-9-22-20(13-16)24-10-4-3-5-11-24/h6-9,13-14H,2-5,10-12,15H2,1H3. The number of rotatable bonds is 5. The minimum atomic E-state index is 0.750. The van der Waals surface area contributed by atoms with Crippen molar-refractivity contribution in [2.45, 2.75) is 39.2 Å². The lowest BCUT2D eigenvalue weighted by Crippen LogP contribution is -2.30. The molecule has 0 amide bonds. The number of pyridine rings is 1. The lowest BCUT2D eigenvalue weighted by molar-refractivity contribution is 0.317. The van der Waals surface area contributed by atoms with Crippen LogP contribution in [0.5, 0.6) is 5.75 Å². The van der Waals surface area contributed by atoms with Crippen molar-refractivity contribution in [1.82, 2.24) is 4.98 Å². The molecule has 0 aliphatic carbocycles. The van der Waals surface area contributed by atoms with Crippen molar-refractivity contribution >= 4 is 11.5 Å². The summed E-state index contributed by atoms with van der Waals surface area (Å²) in [5.74, 6) is 2.01. The monoisotopic (exact) mass is 335 g/mol. The van der Waals surface area contributed by atoms with Crippen LogP contribution in [0, 0.1) is 0 Å². The van der Waals surface area contributed by atoms with E-state index >= 15 is 0 Å². The lowest BCUT2D eigenvalue weighted by Gasteiger charge is -2.27. The summed E-state index contributed by atoms with van der Waals surface area (Å²) in [6.07, 6.45) is 6.78. The van der Waals surface area contributed by atoms with Crippen LogP contribution in [0.4, 0.5) is 5.82 Å². The van der Waals surface area contributed by atoms with E-state index in [-0.39, 0.29) is 0 Å². The van der Waals surface area contributed by atoms with Gasteiger partial charge in [-0.15, -0.1) is 0 Å². The van der Waals surface area contributed by atoms with Crippen molar-refractivity contribution in [3.8, 4) is 5.75 Å².